The predicted molar refractivity (Wildman–Crippen MR) is 79.3 cm³/mol. The van der Waals surface area contributed by atoms with Crippen LogP contribution >= 0.6 is 7.37 Å². The number of anilines is 1. The van der Waals surface area contributed by atoms with Crippen LogP contribution in [-0.2, 0) is 15.8 Å². The molecular weight excluding hydrogens is 297 g/mol. The van der Waals surface area contributed by atoms with E-state index in [1.807, 2.05) is 0 Å². The molecule has 9 heteroatoms. The van der Waals surface area contributed by atoms with Gasteiger partial charge in [-0.2, -0.15) is 4.98 Å². The maximum Gasteiger partial charge on any atom is 0.349 e. The average molecular weight is 319 g/mol. The van der Waals surface area contributed by atoms with E-state index < -0.39 is 30.7 Å². The van der Waals surface area contributed by atoms with Gasteiger partial charge in [0.1, 0.15) is 12.2 Å². The summed E-state index contributed by atoms with van der Waals surface area (Å²) in [7, 11) is -3.52. The maximum atomic E-state index is 12.1. The summed E-state index contributed by atoms with van der Waals surface area (Å²) in [4.78, 5) is 25.0. The van der Waals surface area contributed by atoms with E-state index in [-0.39, 0.29) is 19.0 Å². The van der Waals surface area contributed by atoms with Crippen molar-refractivity contribution in [2.75, 3.05) is 18.7 Å². The van der Waals surface area contributed by atoms with Crippen LogP contribution in [0.25, 0.3) is 0 Å². The first-order chi connectivity index (χ1) is 9.56. The molecule has 0 saturated heterocycles. The van der Waals surface area contributed by atoms with Gasteiger partial charge in [-0.15, -0.1) is 0 Å². The lowest BCUT2D eigenvalue weighted by Crippen LogP contribution is -2.32. The van der Waals surface area contributed by atoms with E-state index in [0.29, 0.717) is 0 Å². The number of hydrogen-bond donors (Lipinski definition) is 3. The fourth-order valence-corrected chi connectivity index (χ4v) is 2.16. The summed E-state index contributed by atoms with van der Waals surface area (Å²) in [6.07, 6.45) is 0.258. The van der Waals surface area contributed by atoms with Crippen molar-refractivity contribution in [3.63, 3.8) is 0 Å². The van der Waals surface area contributed by atoms with Crippen LogP contribution in [0, 0.1) is 0 Å². The van der Waals surface area contributed by atoms with Gasteiger partial charge in [0.25, 0.3) is 0 Å². The molecule has 0 fully saturated rings. The molecule has 1 heterocycles. The molecular formula is C12H22N3O5P. The van der Waals surface area contributed by atoms with Crippen molar-refractivity contribution < 1.29 is 19.3 Å². The van der Waals surface area contributed by atoms with Crippen LogP contribution < -0.4 is 11.4 Å². The lowest BCUT2D eigenvalue weighted by atomic mass is 10.3. The van der Waals surface area contributed by atoms with Gasteiger partial charge in [0.2, 0.25) is 7.37 Å². The molecule has 2 atom stereocenters. The number of aliphatic hydroxyl groups is 1. The van der Waals surface area contributed by atoms with Gasteiger partial charge >= 0.3 is 5.69 Å². The third kappa shape index (κ3) is 4.93. The first-order valence-corrected chi connectivity index (χ1v) is 8.28. The number of aliphatic hydroxyl groups excluding tert-OH is 1. The van der Waals surface area contributed by atoms with E-state index in [4.69, 9.17) is 10.5 Å². The predicted octanol–water partition coefficient (Wildman–Crippen LogP) is 0.229. The minimum Gasteiger partial charge on any atom is -0.394 e. The zero-order valence-electron chi connectivity index (χ0n) is 12.4. The molecule has 0 amide bonds. The third-order valence-corrected chi connectivity index (χ3v) is 5.63. The second kappa shape index (κ2) is 6.70. The van der Waals surface area contributed by atoms with Crippen LogP contribution in [-0.4, -0.2) is 43.8 Å². The molecule has 0 aromatic carbocycles. The largest absolute Gasteiger partial charge is 0.394 e. The van der Waals surface area contributed by atoms with Crippen molar-refractivity contribution in [3.8, 4) is 0 Å². The zero-order valence-corrected chi connectivity index (χ0v) is 13.3. The van der Waals surface area contributed by atoms with Crippen molar-refractivity contribution in [1.82, 2.24) is 9.55 Å². The Labute approximate surface area is 123 Å². The first-order valence-electron chi connectivity index (χ1n) is 6.44. The van der Waals surface area contributed by atoms with Gasteiger partial charge in [-0.05, 0) is 6.07 Å². The van der Waals surface area contributed by atoms with E-state index in [9.17, 15) is 19.4 Å². The summed E-state index contributed by atoms with van der Waals surface area (Å²) in [5.74, 6) is 0.102. The van der Waals surface area contributed by atoms with E-state index in [2.05, 4.69) is 4.98 Å². The molecule has 4 N–H and O–H groups in total. The number of rotatable bonds is 6. The van der Waals surface area contributed by atoms with Crippen molar-refractivity contribution >= 4 is 13.2 Å². The Morgan fingerprint density at radius 3 is 2.62 bits per heavy atom. The molecule has 1 rings (SSSR count). The molecule has 0 spiro atoms. The Bertz CT molecular complexity index is 581. The van der Waals surface area contributed by atoms with E-state index in [1.165, 1.54) is 16.8 Å². The fraction of sp³-hybridized carbons (Fsp3) is 0.667. The number of ether oxygens (including phenoxy) is 1. The molecule has 0 radical (unpaired) electrons. The van der Waals surface area contributed by atoms with Crippen LogP contribution in [0.5, 0.6) is 0 Å². The quantitative estimate of drug-likeness (QED) is 0.640. The van der Waals surface area contributed by atoms with Crippen molar-refractivity contribution in [2.45, 2.75) is 38.6 Å². The van der Waals surface area contributed by atoms with Crippen molar-refractivity contribution in [3.05, 3.63) is 22.7 Å². The van der Waals surface area contributed by atoms with E-state index >= 15 is 0 Å². The molecule has 0 aliphatic carbocycles. The number of nitrogen functional groups attached to an aromatic ring is 1. The van der Waals surface area contributed by atoms with Gasteiger partial charge in [0.05, 0.1) is 19.3 Å². The topological polar surface area (TPSA) is 128 Å². The van der Waals surface area contributed by atoms with Crippen molar-refractivity contribution in [1.29, 1.82) is 0 Å². The number of aromatic nitrogens is 2. The Hall–Kier alpha value is -1.21. The Morgan fingerprint density at radius 2 is 2.14 bits per heavy atom. The van der Waals surface area contributed by atoms with Crippen molar-refractivity contribution in [2.24, 2.45) is 0 Å². The summed E-state index contributed by atoms with van der Waals surface area (Å²) in [6, 6.07) is 1.45. The Balaban J connectivity index is 2.73. The lowest BCUT2D eigenvalue weighted by molar-refractivity contribution is 0.0214. The summed E-state index contributed by atoms with van der Waals surface area (Å²) in [5.41, 5.74) is 4.81. The fourth-order valence-electron chi connectivity index (χ4n) is 1.36. The van der Waals surface area contributed by atoms with Gasteiger partial charge in [-0.25, -0.2) is 4.79 Å². The molecule has 0 aliphatic rings. The highest BCUT2D eigenvalue weighted by atomic mass is 31.2. The average Bonchev–Trinajstić information content (AvgIpc) is 2.35. The summed E-state index contributed by atoms with van der Waals surface area (Å²) in [5, 5.41) is 8.46. The van der Waals surface area contributed by atoms with E-state index in [1.54, 1.807) is 20.8 Å². The minimum absolute atomic E-state index is 0.0206. The molecule has 0 saturated carbocycles. The van der Waals surface area contributed by atoms with Crippen LogP contribution in [0.3, 0.4) is 0 Å². The molecule has 1 aromatic heterocycles. The van der Waals surface area contributed by atoms with Gasteiger partial charge < -0.3 is 20.5 Å². The van der Waals surface area contributed by atoms with Gasteiger partial charge in [-0.1, -0.05) is 20.8 Å². The SMILES string of the molecule is CC(C)(C)P(=O)(O)CO[C@H](CO)Cn1ccc(N)nc1=O. The van der Waals surface area contributed by atoms with E-state index in [0.717, 1.165) is 0 Å². The normalized spacial score (nSPS) is 16.4. The maximum absolute atomic E-state index is 12.1. The summed E-state index contributed by atoms with van der Waals surface area (Å²) < 4.78 is 18.6. The molecule has 1 unspecified atom stereocenters. The van der Waals surface area contributed by atoms with Crippen LogP contribution in [0.1, 0.15) is 20.8 Å². The van der Waals surface area contributed by atoms with Gasteiger partial charge in [0, 0.05) is 11.4 Å². The number of nitrogens with zero attached hydrogens (tertiary/aromatic N) is 2. The number of nitrogens with two attached hydrogens (primary N) is 1. The molecule has 21 heavy (non-hydrogen) atoms. The standard InChI is InChI=1S/C12H22N3O5P/c1-12(2,3)21(18,19)8-20-9(7-16)6-15-5-4-10(13)14-11(15)17/h4-5,9,16H,6-8H2,1-3H3,(H,18,19)(H2,13,14,17)/t9-/m0/s1. The number of hydrogen-bond acceptors (Lipinski definition) is 6. The highest BCUT2D eigenvalue weighted by molar-refractivity contribution is 7.59. The molecule has 1 aromatic rings. The second-order valence-electron chi connectivity index (χ2n) is 5.76. The first kappa shape index (κ1) is 17.8. The van der Waals surface area contributed by atoms with Crippen LogP contribution in [0.4, 0.5) is 5.82 Å². The molecule has 120 valence electrons. The molecule has 8 nitrogen and oxygen atoms in total. The lowest BCUT2D eigenvalue weighted by Gasteiger charge is -2.27. The van der Waals surface area contributed by atoms with Gasteiger partial charge in [0.15, 0.2) is 0 Å². The highest BCUT2D eigenvalue weighted by Gasteiger charge is 2.35. The summed E-state index contributed by atoms with van der Waals surface area (Å²) >= 11 is 0. The highest BCUT2D eigenvalue weighted by Crippen LogP contribution is 2.53. The Kier molecular flexibility index (Phi) is 5.69. The monoisotopic (exact) mass is 319 g/mol. The minimum atomic E-state index is -3.52. The van der Waals surface area contributed by atoms with Crippen LogP contribution in [0.15, 0.2) is 17.1 Å². The second-order valence-corrected chi connectivity index (χ2v) is 8.76. The van der Waals surface area contributed by atoms with Gasteiger partial charge in [-0.3, -0.25) is 9.13 Å². The third-order valence-electron chi connectivity index (χ3n) is 3.03. The Morgan fingerprint density at radius 1 is 1.52 bits per heavy atom. The molecule has 0 aliphatic heterocycles. The molecule has 0 bridgehead atoms. The zero-order chi connectivity index (χ0) is 16.3. The van der Waals surface area contributed by atoms with Crippen LogP contribution in [0.2, 0.25) is 0 Å². The summed E-state index contributed by atoms with van der Waals surface area (Å²) in [6.45, 7) is 4.55. The smallest absolute Gasteiger partial charge is 0.349 e.